The highest BCUT2D eigenvalue weighted by atomic mass is 16.6. The van der Waals surface area contributed by atoms with Crippen molar-refractivity contribution in [3.8, 4) is 0 Å². The Kier molecular flexibility index (Phi) is 5.46. The molecule has 0 radical (unpaired) electrons. The molecule has 7 nitrogen and oxygen atoms in total. The number of ether oxygens (including phenoxy) is 1. The fourth-order valence-corrected chi connectivity index (χ4v) is 2.53. The number of anilines is 1. The second kappa shape index (κ2) is 7.33. The minimum absolute atomic E-state index is 0.00510. The number of hydrogen-bond acceptors (Lipinski definition) is 5. The number of benzene rings is 1. The molecule has 0 unspecified atom stereocenters. The summed E-state index contributed by atoms with van der Waals surface area (Å²) in [6.07, 6.45) is 2.28. The van der Waals surface area contributed by atoms with E-state index in [1.165, 1.54) is 6.07 Å². The van der Waals surface area contributed by atoms with E-state index in [4.69, 9.17) is 4.74 Å². The summed E-state index contributed by atoms with van der Waals surface area (Å²) in [6, 6.07) is 4.68. The van der Waals surface area contributed by atoms with E-state index < -0.39 is 4.92 Å². The van der Waals surface area contributed by atoms with Gasteiger partial charge in [-0.05, 0) is 32.9 Å². The predicted octanol–water partition coefficient (Wildman–Crippen LogP) is 1.95. The highest BCUT2D eigenvalue weighted by molar-refractivity contribution is 5.92. The summed E-state index contributed by atoms with van der Waals surface area (Å²) in [5.74, 6) is -0.196. The third kappa shape index (κ3) is 4.51. The van der Waals surface area contributed by atoms with Crippen molar-refractivity contribution in [1.29, 1.82) is 0 Å². The van der Waals surface area contributed by atoms with Gasteiger partial charge in [-0.1, -0.05) is 6.07 Å². The number of rotatable bonds is 6. The van der Waals surface area contributed by atoms with Crippen LogP contribution < -0.4 is 5.32 Å². The normalized spacial score (nSPS) is 17.7. The van der Waals surface area contributed by atoms with Crippen molar-refractivity contribution in [3.63, 3.8) is 0 Å². The monoisotopic (exact) mass is 307 g/mol. The number of likely N-dealkylation sites (N-methyl/N-ethyl adjacent to an activating group) is 1. The Hall–Kier alpha value is -1.99. The van der Waals surface area contributed by atoms with Crippen molar-refractivity contribution in [3.05, 3.63) is 33.9 Å². The smallest absolute Gasteiger partial charge is 0.274 e. The second-order valence-corrected chi connectivity index (χ2v) is 5.64. The molecule has 2 rings (SSSR count). The van der Waals surface area contributed by atoms with E-state index in [0.717, 1.165) is 19.4 Å². The van der Waals surface area contributed by atoms with Crippen molar-refractivity contribution in [2.75, 3.05) is 32.1 Å². The molecule has 0 spiro atoms. The van der Waals surface area contributed by atoms with E-state index in [1.807, 2.05) is 11.9 Å². The third-order valence-corrected chi connectivity index (χ3v) is 3.64. The Labute approximate surface area is 129 Å². The average Bonchev–Trinajstić information content (AvgIpc) is 2.93. The summed E-state index contributed by atoms with van der Waals surface area (Å²) in [5.41, 5.74) is 1.01. The van der Waals surface area contributed by atoms with Crippen LogP contribution in [0.2, 0.25) is 0 Å². The van der Waals surface area contributed by atoms with Crippen LogP contribution in [0.15, 0.2) is 18.2 Å². The Morgan fingerprint density at radius 3 is 2.95 bits per heavy atom. The fraction of sp³-hybridized carbons (Fsp3) is 0.533. The van der Waals surface area contributed by atoms with Crippen LogP contribution in [0.3, 0.4) is 0 Å². The lowest BCUT2D eigenvalue weighted by Gasteiger charge is -2.19. The molecule has 1 fully saturated rings. The molecule has 0 aromatic heterocycles. The molecule has 1 aromatic rings. The Bertz CT molecular complexity index is 556. The van der Waals surface area contributed by atoms with E-state index in [-0.39, 0.29) is 24.2 Å². The molecule has 1 atom stereocenters. The first-order chi connectivity index (χ1) is 10.5. The molecule has 1 amide bonds. The lowest BCUT2D eigenvalue weighted by molar-refractivity contribution is -0.385. The summed E-state index contributed by atoms with van der Waals surface area (Å²) >= 11 is 0. The van der Waals surface area contributed by atoms with Gasteiger partial charge in [0.2, 0.25) is 5.91 Å². The van der Waals surface area contributed by atoms with Gasteiger partial charge in [-0.2, -0.15) is 0 Å². The van der Waals surface area contributed by atoms with Gasteiger partial charge in [0.15, 0.2) is 0 Å². The first kappa shape index (κ1) is 16.4. The Balaban J connectivity index is 1.88. The van der Waals surface area contributed by atoms with Gasteiger partial charge in [0.05, 0.1) is 17.6 Å². The van der Waals surface area contributed by atoms with Gasteiger partial charge in [0, 0.05) is 30.5 Å². The van der Waals surface area contributed by atoms with Crippen LogP contribution in [0.5, 0.6) is 0 Å². The number of nitrogens with zero attached hydrogens (tertiary/aromatic N) is 2. The van der Waals surface area contributed by atoms with Crippen molar-refractivity contribution in [2.24, 2.45) is 0 Å². The van der Waals surface area contributed by atoms with E-state index in [1.54, 1.807) is 19.1 Å². The number of nitro groups is 1. The van der Waals surface area contributed by atoms with Crippen molar-refractivity contribution < 1.29 is 14.5 Å². The molecule has 1 aliphatic rings. The standard InChI is InChI=1S/C15H21N3O4/c1-11-5-6-12(8-14(11)18(20)21)16-15(19)10-17(2)9-13-4-3-7-22-13/h5-6,8,13H,3-4,7,9-10H2,1-2H3,(H,16,19)/t13-/m0/s1. The zero-order valence-corrected chi connectivity index (χ0v) is 12.9. The van der Waals surface area contributed by atoms with Crippen molar-refractivity contribution >= 4 is 17.3 Å². The van der Waals surface area contributed by atoms with Crippen LogP contribution in [-0.4, -0.2) is 48.6 Å². The van der Waals surface area contributed by atoms with E-state index in [9.17, 15) is 14.9 Å². The lowest BCUT2D eigenvalue weighted by Crippen LogP contribution is -2.35. The number of aryl methyl sites for hydroxylation is 1. The summed E-state index contributed by atoms with van der Waals surface area (Å²) in [6.45, 7) is 3.39. The summed E-state index contributed by atoms with van der Waals surface area (Å²) in [5, 5.41) is 13.6. The predicted molar refractivity (Wildman–Crippen MR) is 82.9 cm³/mol. The van der Waals surface area contributed by atoms with E-state index >= 15 is 0 Å². The average molecular weight is 307 g/mol. The first-order valence-electron chi connectivity index (χ1n) is 7.31. The maximum atomic E-state index is 12.0. The number of carbonyl (C=O) groups excluding carboxylic acids is 1. The molecule has 7 heteroatoms. The number of nitro benzene ring substituents is 1. The first-order valence-corrected chi connectivity index (χ1v) is 7.31. The molecule has 120 valence electrons. The van der Waals surface area contributed by atoms with Gasteiger partial charge in [-0.3, -0.25) is 19.8 Å². The van der Waals surface area contributed by atoms with Gasteiger partial charge in [-0.15, -0.1) is 0 Å². The number of hydrogen-bond donors (Lipinski definition) is 1. The SMILES string of the molecule is Cc1ccc(NC(=O)CN(C)C[C@@H]2CCCO2)cc1[N+](=O)[O-]. The molecule has 1 heterocycles. The Morgan fingerprint density at radius 1 is 1.55 bits per heavy atom. The number of carbonyl (C=O) groups is 1. The minimum atomic E-state index is -0.450. The van der Waals surface area contributed by atoms with E-state index in [2.05, 4.69) is 5.32 Å². The van der Waals surface area contributed by atoms with Gasteiger partial charge in [-0.25, -0.2) is 0 Å². The summed E-state index contributed by atoms with van der Waals surface area (Å²) in [4.78, 5) is 24.3. The molecule has 0 saturated carbocycles. The molecule has 0 bridgehead atoms. The van der Waals surface area contributed by atoms with Gasteiger partial charge in [0.1, 0.15) is 0 Å². The van der Waals surface area contributed by atoms with Crippen LogP contribution in [0.25, 0.3) is 0 Å². The maximum absolute atomic E-state index is 12.0. The topological polar surface area (TPSA) is 84.7 Å². The number of nitrogens with one attached hydrogen (secondary N) is 1. The molecule has 0 aliphatic carbocycles. The molecular formula is C15H21N3O4. The van der Waals surface area contributed by atoms with E-state index in [0.29, 0.717) is 17.8 Å². The third-order valence-electron chi connectivity index (χ3n) is 3.64. The van der Waals surface area contributed by atoms with Crippen molar-refractivity contribution in [1.82, 2.24) is 4.90 Å². The van der Waals surface area contributed by atoms with Crippen LogP contribution in [0.4, 0.5) is 11.4 Å². The molecule has 1 aliphatic heterocycles. The second-order valence-electron chi connectivity index (χ2n) is 5.64. The van der Waals surface area contributed by atoms with Gasteiger partial charge >= 0.3 is 0 Å². The zero-order chi connectivity index (χ0) is 16.1. The lowest BCUT2D eigenvalue weighted by atomic mass is 10.2. The quantitative estimate of drug-likeness (QED) is 0.641. The fourth-order valence-electron chi connectivity index (χ4n) is 2.53. The maximum Gasteiger partial charge on any atom is 0.274 e. The van der Waals surface area contributed by atoms with Crippen LogP contribution in [0.1, 0.15) is 18.4 Å². The van der Waals surface area contributed by atoms with Crippen LogP contribution in [0, 0.1) is 17.0 Å². The summed E-state index contributed by atoms with van der Waals surface area (Å²) in [7, 11) is 1.86. The van der Waals surface area contributed by atoms with Crippen LogP contribution >= 0.6 is 0 Å². The zero-order valence-electron chi connectivity index (χ0n) is 12.9. The van der Waals surface area contributed by atoms with Crippen molar-refractivity contribution in [2.45, 2.75) is 25.9 Å². The Morgan fingerprint density at radius 2 is 2.32 bits per heavy atom. The highest BCUT2D eigenvalue weighted by Gasteiger charge is 2.19. The van der Waals surface area contributed by atoms with Gasteiger partial charge in [0.25, 0.3) is 5.69 Å². The molecule has 1 N–H and O–H groups in total. The molecule has 1 saturated heterocycles. The largest absolute Gasteiger partial charge is 0.377 e. The van der Waals surface area contributed by atoms with Gasteiger partial charge < -0.3 is 10.1 Å². The molecule has 1 aromatic carbocycles. The molecular weight excluding hydrogens is 286 g/mol. The minimum Gasteiger partial charge on any atom is -0.377 e. The summed E-state index contributed by atoms with van der Waals surface area (Å²) < 4.78 is 5.53. The number of amides is 1. The highest BCUT2D eigenvalue weighted by Crippen LogP contribution is 2.22. The molecule has 22 heavy (non-hydrogen) atoms. The van der Waals surface area contributed by atoms with Crippen LogP contribution in [-0.2, 0) is 9.53 Å².